The molecule has 0 amide bonds. The summed E-state index contributed by atoms with van der Waals surface area (Å²) >= 11 is 0. The van der Waals surface area contributed by atoms with E-state index in [4.69, 9.17) is 0 Å². The van der Waals surface area contributed by atoms with Crippen molar-refractivity contribution < 1.29 is 0 Å². The van der Waals surface area contributed by atoms with Crippen LogP contribution in [0.15, 0.2) is 115 Å². The molecule has 30 heavy (non-hydrogen) atoms. The minimum absolute atomic E-state index is 0.882. The van der Waals surface area contributed by atoms with Crippen molar-refractivity contribution >= 4 is 17.1 Å². The zero-order valence-electron chi connectivity index (χ0n) is 16.3. The summed E-state index contributed by atoms with van der Waals surface area (Å²) in [5.74, 6) is 0. The molecule has 0 aliphatic rings. The van der Waals surface area contributed by atoms with Gasteiger partial charge in [0.1, 0.15) is 0 Å². The molecule has 0 radical (unpaired) electrons. The second-order valence-electron chi connectivity index (χ2n) is 6.94. The third-order valence-corrected chi connectivity index (χ3v) is 4.97. The molecule has 2 aromatic heterocycles. The molecule has 5 aromatic rings. The first-order valence-electron chi connectivity index (χ1n) is 9.86. The molecule has 0 saturated carbocycles. The highest BCUT2D eigenvalue weighted by atomic mass is 15.1. The van der Waals surface area contributed by atoms with Gasteiger partial charge in [-0.3, -0.25) is 10.1 Å². The number of para-hydroxylation sites is 2. The molecule has 4 nitrogen and oxygen atoms in total. The van der Waals surface area contributed by atoms with Crippen molar-refractivity contribution in [1.29, 1.82) is 0 Å². The monoisotopic (exact) mass is 388 g/mol. The molecule has 0 fully saturated rings. The van der Waals surface area contributed by atoms with E-state index >= 15 is 0 Å². The molecule has 0 spiro atoms. The molecular weight excluding hydrogens is 368 g/mol. The first-order valence-corrected chi connectivity index (χ1v) is 9.86. The fourth-order valence-corrected chi connectivity index (χ4v) is 3.51. The normalized spacial score (nSPS) is 10.7. The maximum Gasteiger partial charge on any atom is 0.0927 e. The lowest BCUT2D eigenvalue weighted by atomic mass is 10.1. The van der Waals surface area contributed by atoms with Crippen molar-refractivity contribution in [1.82, 2.24) is 15.2 Å². The van der Waals surface area contributed by atoms with Gasteiger partial charge in [-0.25, -0.2) is 0 Å². The molecule has 1 N–H and O–H groups in total. The third-order valence-electron chi connectivity index (χ3n) is 4.97. The molecule has 0 atom stereocenters. The molecule has 0 bridgehead atoms. The van der Waals surface area contributed by atoms with E-state index in [0.717, 1.165) is 39.7 Å². The SMILES string of the molecule is c1ccc(N(c2ccccc2)c2ccc(-c3cc(-c4ccccn4)[nH]n3)cc2)cc1. The molecular formula is C26H20N4. The number of hydrogen-bond acceptors (Lipinski definition) is 3. The van der Waals surface area contributed by atoms with E-state index in [-0.39, 0.29) is 0 Å². The number of nitrogens with zero attached hydrogens (tertiary/aromatic N) is 3. The second-order valence-corrected chi connectivity index (χ2v) is 6.94. The largest absolute Gasteiger partial charge is 0.311 e. The van der Waals surface area contributed by atoms with Crippen LogP contribution in [0.25, 0.3) is 22.6 Å². The summed E-state index contributed by atoms with van der Waals surface area (Å²) in [6.45, 7) is 0. The zero-order chi connectivity index (χ0) is 20.2. The van der Waals surface area contributed by atoms with Gasteiger partial charge in [-0.2, -0.15) is 5.10 Å². The van der Waals surface area contributed by atoms with Gasteiger partial charge in [0.15, 0.2) is 0 Å². The Labute approximate surface area is 175 Å². The van der Waals surface area contributed by atoms with Gasteiger partial charge in [-0.1, -0.05) is 54.6 Å². The van der Waals surface area contributed by atoms with Crippen LogP contribution >= 0.6 is 0 Å². The predicted molar refractivity (Wildman–Crippen MR) is 122 cm³/mol. The van der Waals surface area contributed by atoms with Gasteiger partial charge in [0, 0.05) is 28.8 Å². The number of benzene rings is 3. The van der Waals surface area contributed by atoms with Gasteiger partial charge in [-0.05, 0) is 54.6 Å². The van der Waals surface area contributed by atoms with Gasteiger partial charge < -0.3 is 4.90 Å². The predicted octanol–water partition coefficient (Wildman–Crippen LogP) is 6.61. The van der Waals surface area contributed by atoms with E-state index in [9.17, 15) is 0 Å². The minimum atomic E-state index is 0.882. The van der Waals surface area contributed by atoms with Crippen LogP contribution in [0.2, 0.25) is 0 Å². The Morgan fingerprint density at radius 2 is 1.17 bits per heavy atom. The van der Waals surface area contributed by atoms with E-state index in [1.807, 2.05) is 36.4 Å². The topological polar surface area (TPSA) is 44.8 Å². The Kier molecular flexibility index (Phi) is 4.80. The molecule has 5 rings (SSSR count). The lowest BCUT2D eigenvalue weighted by Gasteiger charge is -2.25. The lowest BCUT2D eigenvalue weighted by Crippen LogP contribution is -2.09. The van der Waals surface area contributed by atoms with Crippen LogP contribution in [-0.2, 0) is 0 Å². The Bertz CT molecular complexity index is 1180. The summed E-state index contributed by atoms with van der Waals surface area (Å²) in [6, 6.07) is 37.1. The van der Waals surface area contributed by atoms with E-state index in [2.05, 4.69) is 92.9 Å². The van der Waals surface area contributed by atoms with E-state index < -0.39 is 0 Å². The van der Waals surface area contributed by atoms with Crippen molar-refractivity contribution in [3.05, 3.63) is 115 Å². The first-order chi connectivity index (χ1) is 14.9. The summed E-state index contributed by atoms with van der Waals surface area (Å²) in [6.07, 6.45) is 1.78. The summed E-state index contributed by atoms with van der Waals surface area (Å²) in [5.41, 5.74) is 7.07. The highest BCUT2D eigenvalue weighted by Gasteiger charge is 2.12. The summed E-state index contributed by atoms with van der Waals surface area (Å²) in [5, 5.41) is 7.56. The van der Waals surface area contributed by atoms with Gasteiger partial charge in [0.05, 0.1) is 17.1 Å². The maximum atomic E-state index is 4.48. The van der Waals surface area contributed by atoms with Crippen LogP contribution in [0.4, 0.5) is 17.1 Å². The molecule has 0 saturated heterocycles. The highest BCUT2D eigenvalue weighted by Crippen LogP contribution is 2.35. The fourth-order valence-electron chi connectivity index (χ4n) is 3.51. The molecule has 0 aliphatic carbocycles. The van der Waals surface area contributed by atoms with Crippen molar-refractivity contribution in [2.24, 2.45) is 0 Å². The molecule has 4 heteroatoms. The van der Waals surface area contributed by atoms with Crippen molar-refractivity contribution in [2.75, 3.05) is 4.90 Å². The number of hydrogen-bond donors (Lipinski definition) is 1. The lowest BCUT2D eigenvalue weighted by molar-refractivity contribution is 1.09. The second kappa shape index (κ2) is 8.05. The number of H-pyrrole nitrogens is 1. The Hall–Kier alpha value is -4.18. The van der Waals surface area contributed by atoms with Gasteiger partial charge in [-0.15, -0.1) is 0 Å². The van der Waals surface area contributed by atoms with Crippen molar-refractivity contribution in [2.45, 2.75) is 0 Å². The minimum Gasteiger partial charge on any atom is -0.311 e. The average Bonchev–Trinajstić information content (AvgIpc) is 3.32. The molecule has 144 valence electrons. The van der Waals surface area contributed by atoms with Crippen LogP contribution < -0.4 is 4.90 Å². The van der Waals surface area contributed by atoms with Crippen LogP contribution in [0.3, 0.4) is 0 Å². The smallest absolute Gasteiger partial charge is 0.0927 e. The van der Waals surface area contributed by atoms with E-state index in [1.165, 1.54) is 0 Å². The Balaban J connectivity index is 1.48. The molecule has 0 unspecified atom stereocenters. The number of rotatable bonds is 5. The molecule has 2 heterocycles. The fraction of sp³-hybridized carbons (Fsp3) is 0. The third kappa shape index (κ3) is 3.59. The van der Waals surface area contributed by atoms with Gasteiger partial charge in [0.2, 0.25) is 0 Å². The first kappa shape index (κ1) is 17.9. The van der Waals surface area contributed by atoms with E-state index in [1.54, 1.807) is 6.20 Å². The number of anilines is 3. The van der Waals surface area contributed by atoms with E-state index in [0.29, 0.717) is 0 Å². The average molecular weight is 388 g/mol. The van der Waals surface area contributed by atoms with Gasteiger partial charge in [0.25, 0.3) is 0 Å². The molecule has 3 aromatic carbocycles. The number of aromatic nitrogens is 3. The number of pyridine rings is 1. The molecule has 0 aliphatic heterocycles. The summed E-state index contributed by atoms with van der Waals surface area (Å²) < 4.78 is 0. The Morgan fingerprint density at radius 1 is 0.567 bits per heavy atom. The summed E-state index contributed by atoms with van der Waals surface area (Å²) in [7, 11) is 0. The number of nitrogens with one attached hydrogen (secondary N) is 1. The Morgan fingerprint density at radius 3 is 1.77 bits per heavy atom. The zero-order valence-corrected chi connectivity index (χ0v) is 16.3. The number of aromatic amines is 1. The van der Waals surface area contributed by atoms with Crippen molar-refractivity contribution in [3.8, 4) is 22.6 Å². The summed E-state index contributed by atoms with van der Waals surface area (Å²) in [4.78, 5) is 6.63. The van der Waals surface area contributed by atoms with Crippen LogP contribution in [0.5, 0.6) is 0 Å². The van der Waals surface area contributed by atoms with Gasteiger partial charge >= 0.3 is 0 Å². The van der Waals surface area contributed by atoms with Crippen LogP contribution in [0.1, 0.15) is 0 Å². The standard InChI is InChI=1S/C26H20N4/c1-3-9-21(10-4-1)30(22-11-5-2-6-12-22)23-16-14-20(15-17-23)25-19-26(29-28-25)24-13-7-8-18-27-24/h1-19H,(H,28,29). The van der Waals surface area contributed by atoms with Crippen LogP contribution in [0, 0.1) is 0 Å². The van der Waals surface area contributed by atoms with Crippen LogP contribution in [-0.4, -0.2) is 15.2 Å². The van der Waals surface area contributed by atoms with Crippen molar-refractivity contribution in [3.63, 3.8) is 0 Å². The highest BCUT2D eigenvalue weighted by molar-refractivity contribution is 5.78. The maximum absolute atomic E-state index is 4.48. The quantitative estimate of drug-likeness (QED) is 0.368.